The average molecular weight is 197 g/mol. The molecular formula is C9H15N3O2. The Morgan fingerprint density at radius 2 is 2.43 bits per heavy atom. The molecule has 1 heterocycles. The quantitative estimate of drug-likeness (QED) is 0.710. The van der Waals surface area contributed by atoms with Crippen LogP contribution in [-0.4, -0.2) is 33.9 Å². The smallest absolute Gasteiger partial charge is 0.269 e. The van der Waals surface area contributed by atoms with Crippen LogP contribution in [0.4, 0.5) is 0 Å². The minimum atomic E-state index is -0.193. The van der Waals surface area contributed by atoms with Gasteiger partial charge in [-0.25, -0.2) is 0 Å². The van der Waals surface area contributed by atoms with Crippen LogP contribution >= 0.6 is 0 Å². The van der Waals surface area contributed by atoms with Crippen molar-refractivity contribution in [2.24, 2.45) is 0 Å². The molecule has 0 aliphatic rings. The summed E-state index contributed by atoms with van der Waals surface area (Å²) in [5.74, 6) is -0.193. The van der Waals surface area contributed by atoms with Gasteiger partial charge < -0.3 is 10.4 Å². The molecule has 2 N–H and O–H groups in total. The SMILES string of the molecule is CCn1nc(C)cc1C(=O)NCCO. The largest absolute Gasteiger partial charge is 0.395 e. The third-order valence-corrected chi connectivity index (χ3v) is 1.83. The minimum Gasteiger partial charge on any atom is -0.395 e. The van der Waals surface area contributed by atoms with Gasteiger partial charge >= 0.3 is 0 Å². The van der Waals surface area contributed by atoms with Crippen LogP contribution in [-0.2, 0) is 6.54 Å². The van der Waals surface area contributed by atoms with E-state index in [0.717, 1.165) is 5.69 Å². The molecule has 1 aromatic heterocycles. The third-order valence-electron chi connectivity index (χ3n) is 1.83. The van der Waals surface area contributed by atoms with Crippen LogP contribution in [0.1, 0.15) is 23.1 Å². The van der Waals surface area contributed by atoms with E-state index in [0.29, 0.717) is 12.2 Å². The Bertz CT molecular complexity index is 320. The lowest BCUT2D eigenvalue weighted by Crippen LogP contribution is -2.28. The highest BCUT2D eigenvalue weighted by molar-refractivity contribution is 5.92. The summed E-state index contributed by atoms with van der Waals surface area (Å²) >= 11 is 0. The summed E-state index contributed by atoms with van der Waals surface area (Å²) in [6.45, 7) is 4.65. The summed E-state index contributed by atoms with van der Waals surface area (Å²) in [6, 6.07) is 1.73. The number of aromatic nitrogens is 2. The van der Waals surface area contributed by atoms with Gasteiger partial charge in [0.05, 0.1) is 12.3 Å². The molecule has 14 heavy (non-hydrogen) atoms. The molecule has 0 spiro atoms. The van der Waals surface area contributed by atoms with E-state index < -0.39 is 0 Å². The Morgan fingerprint density at radius 3 is 3.00 bits per heavy atom. The van der Waals surface area contributed by atoms with Crippen molar-refractivity contribution in [1.82, 2.24) is 15.1 Å². The number of amides is 1. The second-order valence-electron chi connectivity index (χ2n) is 2.97. The molecule has 1 rings (SSSR count). The van der Waals surface area contributed by atoms with Gasteiger partial charge in [-0.15, -0.1) is 0 Å². The molecule has 0 aliphatic carbocycles. The van der Waals surface area contributed by atoms with Crippen LogP contribution in [0.2, 0.25) is 0 Å². The van der Waals surface area contributed by atoms with Gasteiger partial charge in [-0.3, -0.25) is 9.48 Å². The fraction of sp³-hybridized carbons (Fsp3) is 0.556. The lowest BCUT2D eigenvalue weighted by molar-refractivity contribution is 0.0934. The van der Waals surface area contributed by atoms with Crippen molar-refractivity contribution in [2.45, 2.75) is 20.4 Å². The van der Waals surface area contributed by atoms with Crippen LogP contribution in [0.25, 0.3) is 0 Å². The van der Waals surface area contributed by atoms with E-state index in [1.165, 1.54) is 0 Å². The molecule has 1 amide bonds. The van der Waals surface area contributed by atoms with Crippen LogP contribution in [0.15, 0.2) is 6.07 Å². The van der Waals surface area contributed by atoms with Crippen LogP contribution in [0.5, 0.6) is 0 Å². The fourth-order valence-electron chi connectivity index (χ4n) is 1.23. The number of rotatable bonds is 4. The van der Waals surface area contributed by atoms with Crippen LogP contribution in [0.3, 0.4) is 0 Å². The normalized spacial score (nSPS) is 10.2. The zero-order valence-electron chi connectivity index (χ0n) is 8.45. The van der Waals surface area contributed by atoms with Gasteiger partial charge in [-0.05, 0) is 19.9 Å². The molecule has 0 aromatic carbocycles. The highest BCUT2D eigenvalue weighted by Gasteiger charge is 2.11. The van der Waals surface area contributed by atoms with E-state index in [1.807, 2.05) is 13.8 Å². The topological polar surface area (TPSA) is 67.2 Å². The maximum Gasteiger partial charge on any atom is 0.269 e. The zero-order chi connectivity index (χ0) is 10.6. The van der Waals surface area contributed by atoms with Crippen molar-refractivity contribution in [3.05, 3.63) is 17.5 Å². The van der Waals surface area contributed by atoms with E-state index in [-0.39, 0.29) is 19.1 Å². The molecule has 1 aromatic rings. The third kappa shape index (κ3) is 2.32. The number of carbonyl (C=O) groups is 1. The highest BCUT2D eigenvalue weighted by atomic mass is 16.3. The van der Waals surface area contributed by atoms with Gasteiger partial charge in [0.2, 0.25) is 0 Å². The number of aryl methyl sites for hydroxylation is 2. The van der Waals surface area contributed by atoms with Gasteiger partial charge in [0.1, 0.15) is 5.69 Å². The lowest BCUT2D eigenvalue weighted by Gasteiger charge is -2.04. The van der Waals surface area contributed by atoms with Crippen molar-refractivity contribution >= 4 is 5.91 Å². The molecule has 0 saturated carbocycles. The molecule has 0 atom stereocenters. The molecule has 5 nitrogen and oxygen atoms in total. The second kappa shape index (κ2) is 4.76. The average Bonchev–Trinajstić information content (AvgIpc) is 2.56. The van der Waals surface area contributed by atoms with Crippen molar-refractivity contribution in [3.63, 3.8) is 0 Å². The monoisotopic (exact) mass is 197 g/mol. The van der Waals surface area contributed by atoms with Gasteiger partial charge in [0.25, 0.3) is 5.91 Å². The molecule has 5 heteroatoms. The Labute approximate surface area is 82.7 Å². The number of nitrogens with zero attached hydrogens (tertiary/aromatic N) is 2. The van der Waals surface area contributed by atoms with Crippen molar-refractivity contribution in [1.29, 1.82) is 0 Å². The first-order valence-electron chi connectivity index (χ1n) is 4.62. The van der Waals surface area contributed by atoms with E-state index in [2.05, 4.69) is 10.4 Å². The first kappa shape index (κ1) is 10.7. The Hall–Kier alpha value is -1.36. The summed E-state index contributed by atoms with van der Waals surface area (Å²) in [4.78, 5) is 11.5. The Kier molecular flexibility index (Phi) is 3.64. The lowest BCUT2D eigenvalue weighted by atomic mass is 10.3. The molecule has 78 valence electrons. The maximum absolute atomic E-state index is 11.5. The van der Waals surface area contributed by atoms with Crippen LogP contribution in [0, 0.1) is 6.92 Å². The first-order valence-corrected chi connectivity index (χ1v) is 4.62. The molecule has 0 unspecified atom stereocenters. The predicted molar refractivity (Wildman–Crippen MR) is 52.1 cm³/mol. The van der Waals surface area contributed by atoms with Gasteiger partial charge in [-0.2, -0.15) is 5.10 Å². The highest BCUT2D eigenvalue weighted by Crippen LogP contribution is 2.03. The molecule has 0 saturated heterocycles. The number of nitrogens with one attached hydrogen (secondary N) is 1. The second-order valence-corrected chi connectivity index (χ2v) is 2.97. The van der Waals surface area contributed by atoms with Crippen molar-refractivity contribution in [2.75, 3.05) is 13.2 Å². The number of aliphatic hydroxyl groups excluding tert-OH is 1. The standard InChI is InChI=1S/C9H15N3O2/c1-3-12-8(6-7(2)11-12)9(14)10-4-5-13/h6,13H,3-5H2,1-2H3,(H,10,14). The van der Waals surface area contributed by atoms with Gasteiger partial charge in [-0.1, -0.05) is 0 Å². The van der Waals surface area contributed by atoms with Crippen LogP contribution < -0.4 is 5.32 Å². The van der Waals surface area contributed by atoms with Gasteiger partial charge in [0, 0.05) is 13.1 Å². The number of hydrogen-bond donors (Lipinski definition) is 2. The molecule has 0 aliphatic heterocycles. The first-order chi connectivity index (χ1) is 6.69. The molecule has 0 bridgehead atoms. The van der Waals surface area contributed by atoms with Gasteiger partial charge in [0.15, 0.2) is 0 Å². The van der Waals surface area contributed by atoms with E-state index in [4.69, 9.17) is 5.11 Å². The zero-order valence-corrected chi connectivity index (χ0v) is 8.45. The molecule has 0 radical (unpaired) electrons. The summed E-state index contributed by atoms with van der Waals surface area (Å²) < 4.78 is 1.64. The van der Waals surface area contributed by atoms with E-state index in [1.54, 1.807) is 10.7 Å². The Balaban J connectivity index is 2.77. The summed E-state index contributed by atoms with van der Waals surface area (Å²) in [5, 5.41) is 15.3. The summed E-state index contributed by atoms with van der Waals surface area (Å²) in [7, 11) is 0. The predicted octanol–water partition coefficient (Wildman–Crippen LogP) is -0.0665. The van der Waals surface area contributed by atoms with E-state index in [9.17, 15) is 4.79 Å². The molecular weight excluding hydrogens is 182 g/mol. The van der Waals surface area contributed by atoms with Crippen molar-refractivity contribution in [3.8, 4) is 0 Å². The summed E-state index contributed by atoms with van der Waals surface area (Å²) in [6.07, 6.45) is 0. The number of hydrogen-bond acceptors (Lipinski definition) is 3. The fourth-order valence-corrected chi connectivity index (χ4v) is 1.23. The number of carbonyl (C=O) groups excluding carboxylic acids is 1. The Morgan fingerprint density at radius 1 is 1.71 bits per heavy atom. The minimum absolute atomic E-state index is 0.0506. The molecule has 0 fully saturated rings. The van der Waals surface area contributed by atoms with Crippen molar-refractivity contribution < 1.29 is 9.90 Å². The number of aliphatic hydroxyl groups is 1. The summed E-state index contributed by atoms with van der Waals surface area (Å²) in [5.41, 5.74) is 1.36. The maximum atomic E-state index is 11.5. The van der Waals surface area contributed by atoms with E-state index >= 15 is 0 Å².